The average molecular weight is 274 g/mol. The van der Waals surface area contributed by atoms with Crippen LogP contribution in [0.1, 0.15) is 19.3 Å². The molecule has 2 amide bonds. The van der Waals surface area contributed by atoms with E-state index in [1.165, 1.54) is 0 Å². The summed E-state index contributed by atoms with van der Waals surface area (Å²) in [6.07, 6.45) is 2.76. The SMILES string of the molecule is O=C(O)CN(CC(=O)O)C(=O)NCC1CCCCO1. The summed E-state index contributed by atoms with van der Waals surface area (Å²) in [5.74, 6) is -2.52. The summed E-state index contributed by atoms with van der Waals surface area (Å²) in [6, 6.07) is -0.709. The van der Waals surface area contributed by atoms with Crippen molar-refractivity contribution in [3.05, 3.63) is 0 Å². The molecule has 1 atom stereocenters. The minimum Gasteiger partial charge on any atom is -0.480 e. The number of ether oxygens (including phenoxy) is 1. The molecule has 1 saturated heterocycles. The van der Waals surface area contributed by atoms with E-state index in [1.807, 2.05) is 0 Å². The quantitative estimate of drug-likeness (QED) is 0.614. The second kappa shape index (κ2) is 7.57. The molecule has 0 radical (unpaired) electrons. The molecule has 0 aliphatic carbocycles. The van der Waals surface area contributed by atoms with Gasteiger partial charge in [-0.1, -0.05) is 0 Å². The average Bonchev–Trinajstić information content (AvgIpc) is 2.35. The van der Waals surface area contributed by atoms with Crippen LogP contribution in [0.25, 0.3) is 0 Å². The predicted octanol–water partition coefficient (Wildman–Crippen LogP) is -0.264. The van der Waals surface area contributed by atoms with Gasteiger partial charge < -0.3 is 25.2 Å². The summed E-state index contributed by atoms with van der Waals surface area (Å²) in [6.45, 7) is -0.392. The number of carbonyl (C=O) groups excluding carboxylic acids is 1. The van der Waals surface area contributed by atoms with Gasteiger partial charge in [0.25, 0.3) is 0 Å². The van der Waals surface area contributed by atoms with Crippen molar-refractivity contribution in [1.29, 1.82) is 0 Å². The number of rotatable bonds is 6. The third-order valence-corrected chi connectivity index (χ3v) is 2.69. The molecule has 0 aromatic heterocycles. The van der Waals surface area contributed by atoms with Gasteiger partial charge in [-0.25, -0.2) is 4.79 Å². The van der Waals surface area contributed by atoms with Gasteiger partial charge in [0.05, 0.1) is 6.10 Å². The van der Waals surface area contributed by atoms with Gasteiger partial charge in [-0.3, -0.25) is 9.59 Å². The summed E-state index contributed by atoms with van der Waals surface area (Å²) in [7, 11) is 0. The van der Waals surface area contributed by atoms with Crippen LogP contribution in [0.4, 0.5) is 4.79 Å². The van der Waals surface area contributed by atoms with Gasteiger partial charge >= 0.3 is 18.0 Å². The second-order valence-corrected chi connectivity index (χ2v) is 4.32. The summed E-state index contributed by atoms with van der Waals surface area (Å²) in [4.78, 5) is 33.5. The Kier molecular flexibility index (Phi) is 6.07. The maximum Gasteiger partial charge on any atom is 0.323 e. The Morgan fingerprint density at radius 2 is 1.79 bits per heavy atom. The molecule has 1 unspecified atom stereocenters. The van der Waals surface area contributed by atoms with Crippen molar-refractivity contribution >= 4 is 18.0 Å². The molecule has 1 aliphatic rings. The highest BCUT2D eigenvalue weighted by atomic mass is 16.5. The smallest absolute Gasteiger partial charge is 0.323 e. The van der Waals surface area contributed by atoms with Gasteiger partial charge in [0, 0.05) is 13.2 Å². The third kappa shape index (κ3) is 6.05. The van der Waals surface area contributed by atoms with E-state index in [2.05, 4.69) is 5.32 Å². The Morgan fingerprint density at radius 3 is 2.26 bits per heavy atom. The topological polar surface area (TPSA) is 116 Å². The lowest BCUT2D eigenvalue weighted by molar-refractivity contribution is -0.140. The number of nitrogens with one attached hydrogen (secondary N) is 1. The standard InChI is InChI=1S/C11H18N2O6/c14-9(15)6-13(7-10(16)17)11(18)12-5-8-3-1-2-4-19-8/h8H,1-7H2,(H,12,18)(H,14,15)(H,16,17). The number of hydrogen-bond acceptors (Lipinski definition) is 4. The van der Waals surface area contributed by atoms with Gasteiger partial charge in [0.1, 0.15) is 13.1 Å². The van der Waals surface area contributed by atoms with Crippen molar-refractivity contribution in [3.63, 3.8) is 0 Å². The first-order valence-corrected chi connectivity index (χ1v) is 6.07. The molecular weight excluding hydrogens is 256 g/mol. The van der Waals surface area contributed by atoms with Crippen LogP contribution in [0.3, 0.4) is 0 Å². The molecule has 108 valence electrons. The normalized spacial score (nSPS) is 18.6. The van der Waals surface area contributed by atoms with Crippen LogP contribution < -0.4 is 5.32 Å². The number of carbonyl (C=O) groups is 3. The maximum absolute atomic E-state index is 11.7. The van der Waals surface area contributed by atoms with Crippen molar-refractivity contribution < 1.29 is 29.3 Å². The summed E-state index contributed by atoms with van der Waals surface area (Å²) in [5.41, 5.74) is 0. The Morgan fingerprint density at radius 1 is 1.16 bits per heavy atom. The minimum atomic E-state index is -1.26. The van der Waals surface area contributed by atoms with Gasteiger partial charge in [0.15, 0.2) is 0 Å². The molecule has 8 nitrogen and oxygen atoms in total. The molecule has 19 heavy (non-hydrogen) atoms. The van der Waals surface area contributed by atoms with E-state index in [-0.39, 0.29) is 12.6 Å². The van der Waals surface area contributed by atoms with Crippen molar-refractivity contribution in [2.75, 3.05) is 26.2 Å². The first kappa shape index (κ1) is 15.2. The van der Waals surface area contributed by atoms with Crippen LogP contribution in [-0.4, -0.2) is 65.4 Å². The van der Waals surface area contributed by atoms with E-state index in [0.29, 0.717) is 6.61 Å². The van der Waals surface area contributed by atoms with Gasteiger partial charge in [-0.2, -0.15) is 0 Å². The molecule has 1 rings (SSSR count). The van der Waals surface area contributed by atoms with Crippen molar-refractivity contribution in [2.24, 2.45) is 0 Å². The molecule has 0 aromatic rings. The van der Waals surface area contributed by atoms with E-state index in [1.54, 1.807) is 0 Å². The maximum atomic E-state index is 11.7. The number of hydrogen-bond donors (Lipinski definition) is 3. The fourth-order valence-corrected chi connectivity index (χ4v) is 1.81. The molecule has 1 aliphatic heterocycles. The largest absolute Gasteiger partial charge is 0.480 e. The van der Waals surface area contributed by atoms with Crippen LogP contribution in [0, 0.1) is 0 Å². The van der Waals surface area contributed by atoms with E-state index >= 15 is 0 Å². The lowest BCUT2D eigenvalue weighted by atomic mass is 10.1. The predicted molar refractivity (Wildman–Crippen MR) is 63.8 cm³/mol. The zero-order valence-corrected chi connectivity index (χ0v) is 10.5. The number of carboxylic acids is 2. The molecule has 0 aromatic carbocycles. The van der Waals surface area contributed by atoms with Crippen molar-refractivity contribution in [3.8, 4) is 0 Å². The lowest BCUT2D eigenvalue weighted by Gasteiger charge is -2.25. The Hall–Kier alpha value is -1.83. The van der Waals surface area contributed by atoms with Crippen LogP contribution >= 0.6 is 0 Å². The van der Waals surface area contributed by atoms with Gasteiger partial charge in [0.2, 0.25) is 0 Å². The Labute approximate surface area is 110 Å². The fourth-order valence-electron chi connectivity index (χ4n) is 1.81. The zero-order valence-electron chi connectivity index (χ0n) is 10.5. The molecule has 1 heterocycles. The third-order valence-electron chi connectivity index (χ3n) is 2.69. The monoisotopic (exact) mass is 274 g/mol. The summed E-state index contributed by atoms with van der Waals surface area (Å²) < 4.78 is 5.40. The first-order chi connectivity index (χ1) is 8.99. The second-order valence-electron chi connectivity index (χ2n) is 4.32. The lowest BCUT2D eigenvalue weighted by Crippen LogP contribution is -2.47. The van der Waals surface area contributed by atoms with E-state index in [4.69, 9.17) is 14.9 Å². The number of urea groups is 1. The minimum absolute atomic E-state index is 0.0887. The molecular formula is C11H18N2O6. The highest BCUT2D eigenvalue weighted by Gasteiger charge is 2.21. The number of nitrogens with zero attached hydrogens (tertiary/aromatic N) is 1. The van der Waals surface area contributed by atoms with E-state index in [9.17, 15) is 14.4 Å². The Balaban J connectivity index is 2.41. The van der Waals surface area contributed by atoms with E-state index in [0.717, 1.165) is 24.2 Å². The molecule has 1 fully saturated rings. The first-order valence-electron chi connectivity index (χ1n) is 6.07. The van der Waals surface area contributed by atoms with Crippen LogP contribution in [0.15, 0.2) is 0 Å². The number of aliphatic carboxylic acids is 2. The Bertz CT molecular complexity index is 324. The van der Waals surface area contributed by atoms with Crippen LogP contribution in [0.5, 0.6) is 0 Å². The van der Waals surface area contributed by atoms with Gasteiger partial charge in [-0.05, 0) is 19.3 Å². The molecule has 0 bridgehead atoms. The zero-order chi connectivity index (χ0) is 14.3. The van der Waals surface area contributed by atoms with Crippen molar-refractivity contribution in [1.82, 2.24) is 10.2 Å². The van der Waals surface area contributed by atoms with E-state index < -0.39 is 31.1 Å². The number of carboxylic acid groups (broad SMARTS) is 2. The van der Waals surface area contributed by atoms with Gasteiger partial charge in [-0.15, -0.1) is 0 Å². The summed E-state index contributed by atoms with van der Waals surface area (Å²) >= 11 is 0. The molecule has 8 heteroatoms. The number of amides is 2. The molecule has 3 N–H and O–H groups in total. The highest BCUT2D eigenvalue weighted by Crippen LogP contribution is 2.11. The van der Waals surface area contributed by atoms with Crippen LogP contribution in [0.2, 0.25) is 0 Å². The fraction of sp³-hybridized carbons (Fsp3) is 0.727. The summed E-state index contributed by atoms with van der Waals surface area (Å²) in [5, 5.41) is 19.7. The molecule has 0 saturated carbocycles. The van der Waals surface area contributed by atoms with Crippen molar-refractivity contribution in [2.45, 2.75) is 25.4 Å². The van der Waals surface area contributed by atoms with Crippen LogP contribution in [-0.2, 0) is 14.3 Å². The highest BCUT2D eigenvalue weighted by molar-refractivity contribution is 5.84. The molecule has 0 spiro atoms.